The van der Waals surface area contributed by atoms with Crippen molar-refractivity contribution in [3.05, 3.63) is 63.9 Å². The van der Waals surface area contributed by atoms with Crippen LogP contribution in [-0.2, 0) is 0 Å². The number of fused-ring (bicyclic) bond motifs is 1. The summed E-state index contributed by atoms with van der Waals surface area (Å²) in [6.07, 6.45) is 0. The molecular formula is C13H9ClN2O. The first kappa shape index (κ1) is 10.2. The van der Waals surface area contributed by atoms with Gasteiger partial charge < -0.3 is 0 Å². The van der Waals surface area contributed by atoms with Crippen LogP contribution in [-0.4, -0.2) is 9.78 Å². The predicted molar refractivity (Wildman–Crippen MR) is 68.9 cm³/mol. The topological polar surface area (TPSA) is 37.8 Å². The van der Waals surface area contributed by atoms with Gasteiger partial charge in [-0.15, -0.1) is 0 Å². The molecule has 3 nitrogen and oxygen atoms in total. The minimum absolute atomic E-state index is 0.0892. The van der Waals surface area contributed by atoms with Crippen molar-refractivity contribution in [2.45, 2.75) is 0 Å². The lowest BCUT2D eigenvalue weighted by Gasteiger charge is -1.99. The van der Waals surface area contributed by atoms with Crippen LogP contribution < -0.4 is 5.56 Å². The maximum absolute atomic E-state index is 12.2. The van der Waals surface area contributed by atoms with Crippen LogP contribution in [0.3, 0.4) is 0 Å². The first-order chi connectivity index (χ1) is 8.27. The van der Waals surface area contributed by atoms with Crippen molar-refractivity contribution in [1.29, 1.82) is 0 Å². The van der Waals surface area contributed by atoms with Gasteiger partial charge in [0, 0.05) is 0 Å². The van der Waals surface area contributed by atoms with E-state index in [1.165, 1.54) is 4.68 Å². The lowest BCUT2D eigenvalue weighted by atomic mass is 10.2. The highest BCUT2D eigenvalue weighted by Gasteiger charge is 2.09. The molecular weight excluding hydrogens is 236 g/mol. The van der Waals surface area contributed by atoms with Crippen molar-refractivity contribution in [3.8, 4) is 5.69 Å². The highest BCUT2D eigenvalue weighted by molar-refractivity contribution is 6.35. The average molecular weight is 245 g/mol. The molecule has 0 bridgehead atoms. The van der Waals surface area contributed by atoms with Gasteiger partial charge in [-0.1, -0.05) is 35.9 Å². The summed E-state index contributed by atoms with van der Waals surface area (Å²) >= 11 is 6.05. The Kier molecular flexibility index (Phi) is 2.27. The first-order valence-electron chi connectivity index (χ1n) is 5.22. The van der Waals surface area contributed by atoms with Crippen LogP contribution >= 0.6 is 11.6 Å². The molecule has 0 aliphatic rings. The fourth-order valence-corrected chi connectivity index (χ4v) is 2.07. The van der Waals surface area contributed by atoms with Crippen LogP contribution in [0.5, 0.6) is 0 Å². The van der Waals surface area contributed by atoms with Gasteiger partial charge in [0.05, 0.1) is 21.6 Å². The summed E-state index contributed by atoms with van der Waals surface area (Å²) in [5.74, 6) is 0. The molecule has 0 aliphatic carbocycles. The second-order valence-corrected chi connectivity index (χ2v) is 4.16. The van der Waals surface area contributed by atoms with Crippen molar-refractivity contribution in [3.63, 3.8) is 0 Å². The Labute approximate surface area is 102 Å². The van der Waals surface area contributed by atoms with E-state index in [1.54, 1.807) is 18.2 Å². The molecule has 1 aromatic heterocycles. The van der Waals surface area contributed by atoms with Gasteiger partial charge in [0.2, 0.25) is 0 Å². The van der Waals surface area contributed by atoms with Crippen molar-refractivity contribution in [2.24, 2.45) is 0 Å². The van der Waals surface area contributed by atoms with Gasteiger partial charge in [-0.05, 0) is 24.3 Å². The van der Waals surface area contributed by atoms with E-state index in [0.29, 0.717) is 15.9 Å². The van der Waals surface area contributed by atoms with Crippen LogP contribution in [0.15, 0.2) is 53.3 Å². The van der Waals surface area contributed by atoms with Gasteiger partial charge in [0.1, 0.15) is 0 Å². The zero-order valence-electron chi connectivity index (χ0n) is 8.85. The molecule has 4 heteroatoms. The van der Waals surface area contributed by atoms with E-state index in [0.717, 1.165) is 5.69 Å². The van der Waals surface area contributed by atoms with Gasteiger partial charge in [-0.2, -0.15) is 0 Å². The molecule has 3 rings (SSSR count). The molecule has 0 saturated carbocycles. The maximum Gasteiger partial charge on any atom is 0.279 e. The van der Waals surface area contributed by atoms with Crippen LogP contribution in [0.25, 0.3) is 16.6 Å². The fraction of sp³-hybridized carbons (Fsp3) is 0. The molecule has 0 atom stereocenters. The number of halogens is 1. The number of aromatic nitrogens is 2. The Morgan fingerprint density at radius 3 is 2.47 bits per heavy atom. The lowest BCUT2D eigenvalue weighted by Crippen LogP contribution is -2.13. The molecule has 17 heavy (non-hydrogen) atoms. The highest BCUT2D eigenvalue weighted by atomic mass is 35.5. The average Bonchev–Trinajstić information content (AvgIpc) is 2.70. The molecule has 1 N–H and O–H groups in total. The lowest BCUT2D eigenvalue weighted by molar-refractivity contribution is 0.864. The maximum atomic E-state index is 12.2. The van der Waals surface area contributed by atoms with Crippen molar-refractivity contribution >= 4 is 22.5 Å². The summed E-state index contributed by atoms with van der Waals surface area (Å²) in [6, 6.07) is 14.7. The molecule has 84 valence electrons. The van der Waals surface area contributed by atoms with E-state index in [4.69, 9.17) is 11.6 Å². The Bertz CT molecular complexity index is 728. The first-order valence-corrected chi connectivity index (χ1v) is 5.60. The molecule has 0 amide bonds. The summed E-state index contributed by atoms with van der Waals surface area (Å²) in [4.78, 5) is 12.2. The fourth-order valence-electron chi connectivity index (χ4n) is 1.86. The summed E-state index contributed by atoms with van der Waals surface area (Å²) < 4.78 is 1.50. The largest absolute Gasteiger partial charge is 0.289 e. The summed E-state index contributed by atoms with van der Waals surface area (Å²) in [6.45, 7) is 0. The highest BCUT2D eigenvalue weighted by Crippen LogP contribution is 2.19. The Morgan fingerprint density at radius 1 is 1.00 bits per heavy atom. The van der Waals surface area contributed by atoms with Crippen LogP contribution in [0.1, 0.15) is 0 Å². The van der Waals surface area contributed by atoms with Crippen LogP contribution in [0, 0.1) is 0 Å². The molecule has 0 radical (unpaired) electrons. The third-order valence-electron chi connectivity index (χ3n) is 2.69. The number of benzene rings is 2. The third kappa shape index (κ3) is 1.56. The SMILES string of the molecule is O=c1c2cccc(Cl)c2[nH]n1-c1ccccc1. The number of rotatable bonds is 1. The minimum atomic E-state index is -0.0892. The number of H-pyrrole nitrogens is 1. The van der Waals surface area contributed by atoms with Crippen LogP contribution in [0.4, 0.5) is 0 Å². The van der Waals surface area contributed by atoms with Crippen molar-refractivity contribution < 1.29 is 0 Å². The second-order valence-electron chi connectivity index (χ2n) is 3.75. The number of nitrogens with one attached hydrogen (secondary N) is 1. The van der Waals surface area contributed by atoms with Crippen molar-refractivity contribution in [2.75, 3.05) is 0 Å². The molecule has 3 aromatic rings. The van der Waals surface area contributed by atoms with Crippen LogP contribution in [0.2, 0.25) is 5.02 Å². The number of hydrogen-bond donors (Lipinski definition) is 1. The minimum Gasteiger partial charge on any atom is -0.289 e. The second kappa shape index (κ2) is 3.79. The van der Waals surface area contributed by atoms with Gasteiger partial charge >= 0.3 is 0 Å². The van der Waals surface area contributed by atoms with E-state index in [2.05, 4.69) is 5.10 Å². The Balaban J connectivity index is 2.37. The molecule has 0 unspecified atom stereocenters. The summed E-state index contributed by atoms with van der Waals surface area (Å²) in [5, 5.41) is 4.17. The Morgan fingerprint density at radius 2 is 1.76 bits per heavy atom. The van der Waals surface area contributed by atoms with E-state index < -0.39 is 0 Å². The quantitative estimate of drug-likeness (QED) is 0.702. The molecule has 0 aliphatic heterocycles. The number of para-hydroxylation sites is 2. The van der Waals surface area contributed by atoms with E-state index in [9.17, 15) is 4.79 Å². The van der Waals surface area contributed by atoms with E-state index in [1.807, 2.05) is 30.3 Å². The molecule has 0 fully saturated rings. The standard InChI is InChI=1S/C13H9ClN2O/c14-11-8-4-7-10-12(11)15-16(13(10)17)9-5-2-1-3-6-9/h1-8,15H. The molecule has 2 aromatic carbocycles. The smallest absolute Gasteiger partial charge is 0.279 e. The monoisotopic (exact) mass is 244 g/mol. The van der Waals surface area contributed by atoms with E-state index in [-0.39, 0.29) is 5.56 Å². The number of aromatic amines is 1. The zero-order chi connectivity index (χ0) is 11.8. The van der Waals surface area contributed by atoms with Gasteiger partial charge in [0.15, 0.2) is 0 Å². The molecule has 0 spiro atoms. The molecule has 0 saturated heterocycles. The number of hydrogen-bond acceptors (Lipinski definition) is 1. The zero-order valence-corrected chi connectivity index (χ0v) is 9.61. The molecule has 1 heterocycles. The Hall–Kier alpha value is -2.00. The van der Waals surface area contributed by atoms with Gasteiger partial charge in [-0.25, -0.2) is 4.68 Å². The van der Waals surface area contributed by atoms with Gasteiger partial charge in [0.25, 0.3) is 5.56 Å². The summed E-state index contributed by atoms with van der Waals surface area (Å²) in [5.41, 5.74) is 1.38. The van der Waals surface area contributed by atoms with Gasteiger partial charge in [-0.3, -0.25) is 9.89 Å². The number of nitrogens with zero attached hydrogens (tertiary/aromatic N) is 1. The van der Waals surface area contributed by atoms with Crippen molar-refractivity contribution in [1.82, 2.24) is 9.78 Å². The normalized spacial score (nSPS) is 10.9. The third-order valence-corrected chi connectivity index (χ3v) is 3.00. The summed E-state index contributed by atoms with van der Waals surface area (Å²) in [7, 11) is 0. The predicted octanol–water partition coefficient (Wildman–Crippen LogP) is 2.97. The van der Waals surface area contributed by atoms with E-state index >= 15 is 0 Å².